The number of aromatic nitrogens is 1. The monoisotopic (exact) mass is 1010 g/mol. The predicted octanol–water partition coefficient (Wildman–Crippen LogP) is 17.7. The molecule has 0 radical (unpaired) electrons. The molecule has 12 aromatic rings. The summed E-state index contributed by atoms with van der Waals surface area (Å²) in [5, 5.41) is 5.26. The maximum atomic E-state index is 15.1. The molecule has 0 atom stereocenters. The number of benzene rings is 11. The van der Waals surface area contributed by atoms with E-state index in [1.165, 1.54) is 48.5 Å². The molecule has 1 aromatic heterocycles. The molecule has 2 heterocycles. The second kappa shape index (κ2) is 15.8. The zero-order valence-electron chi connectivity index (χ0n) is 36.8. The Morgan fingerprint density at radius 2 is 0.739 bits per heavy atom. The van der Waals surface area contributed by atoms with Gasteiger partial charge < -0.3 is 0 Å². The molecular formula is C63H38F4IN. The van der Waals surface area contributed by atoms with Gasteiger partial charge in [-0.2, -0.15) is 0 Å². The molecule has 0 amide bonds. The van der Waals surface area contributed by atoms with Crippen LogP contribution in [-0.2, 0) is 0 Å². The Kier molecular flexibility index (Phi) is 9.46. The second-order valence-corrected chi connectivity index (χ2v) is 25.1. The van der Waals surface area contributed by atoms with Gasteiger partial charge in [-0.25, -0.2) is 8.78 Å². The van der Waals surface area contributed by atoms with Gasteiger partial charge in [0.2, 0.25) is 0 Å². The van der Waals surface area contributed by atoms with Crippen molar-refractivity contribution in [3.05, 3.63) is 252 Å². The van der Waals surface area contributed by atoms with E-state index in [2.05, 4.69) is 138 Å². The summed E-state index contributed by atoms with van der Waals surface area (Å²) in [4.78, 5) is 0. The molecule has 1 nitrogen and oxygen atoms in total. The summed E-state index contributed by atoms with van der Waals surface area (Å²) in [6, 6.07) is 70.3. The Morgan fingerprint density at radius 1 is 0.319 bits per heavy atom. The Bertz CT molecular complexity index is 4040. The van der Waals surface area contributed by atoms with Crippen molar-refractivity contribution in [2.24, 2.45) is 0 Å². The summed E-state index contributed by atoms with van der Waals surface area (Å²) in [5.74, 6) is -1.54. The van der Waals surface area contributed by atoms with E-state index < -0.39 is 29.6 Å². The molecule has 69 heavy (non-hydrogen) atoms. The number of fused-ring (bicyclic) bond motifs is 8. The molecule has 0 bridgehead atoms. The van der Waals surface area contributed by atoms with Crippen LogP contribution in [-0.4, -0.2) is 9.08 Å². The van der Waals surface area contributed by atoms with Crippen molar-refractivity contribution in [3.63, 3.8) is 0 Å². The third-order valence-corrected chi connectivity index (χ3v) is 22.4. The fourth-order valence-corrected chi connectivity index (χ4v) is 18.9. The zero-order valence-corrected chi connectivity index (χ0v) is 39.0. The molecule has 0 N–H and O–H groups in total. The van der Waals surface area contributed by atoms with Gasteiger partial charge in [-0.1, -0.05) is 0 Å². The van der Waals surface area contributed by atoms with E-state index in [0.29, 0.717) is 21.9 Å². The molecule has 0 spiro atoms. The van der Waals surface area contributed by atoms with Crippen molar-refractivity contribution < 1.29 is 17.6 Å². The molecule has 0 saturated heterocycles. The normalized spacial score (nSPS) is 13.3. The standard InChI is InChI=1S/C63H38F4IN/c1-68(58-28-20-40(64)32-52(58)53-33-41(65)21-29-59(53)68)44-24-26-50-56(36-44)62(48-18-10-8-16-46(48)38-12-4-2-5-13-38)51-27-25-45(69-60-30-22-42(66)34-54(60)55-35-43(67)23-31-61(55)69)37-57(51)63(50)49-19-11-9-17-47(49)39-14-6-3-7-15-39/h2-37H,1H2. The molecule has 330 valence electrons. The van der Waals surface area contributed by atoms with Crippen LogP contribution >= 0.6 is 18.0 Å². The van der Waals surface area contributed by atoms with E-state index in [4.69, 9.17) is 4.51 Å². The average Bonchev–Trinajstić information content (AvgIpc) is 3.83. The average molecular weight is 1010 g/mol. The zero-order chi connectivity index (χ0) is 46.5. The molecule has 11 aromatic carbocycles. The first kappa shape index (κ1) is 41.3. The fourth-order valence-electron chi connectivity index (χ4n) is 10.8. The molecule has 13 rings (SSSR count). The van der Waals surface area contributed by atoms with Crippen molar-refractivity contribution in [2.45, 2.75) is 0 Å². The van der Waals surface area contributed by atoms with Crippen LogP contribution in [0.25, 0.3) is 105 Å². The van der Waals surface area contributed by atoms with Gasteiger partial charge in [0.05, 0.1) is 0 Å². The summed E-state index contributed by atoms with van der Waals surface area (Å²) in [6.45, 7) is 0. The van der Waals surface area contributed by atoms with E-state index in [0.717, 1.165) is 93.5 Å². The van der Waals surface area contributed by atoms with Gasteiger partial charge in [-0.05, 0) is 0 Å². The number of hydrogen-bond acceptors (Lipinski definition) is 0. The van der Waals surface area contributed by atoms with Crippen molar-refractivity contribution in [1.82, 2.24) is 4.57 Å². The van der Waals surface area contributed by atoms with Crippen LogP contribution in [0.5, 0.6) is 0 Å². The van der Waals surface area contributed by atoms with Gasteiger partial charge in [0.15, 0.2) is 0 Å². The molecule has 1 aliphatic rings. The molecule has 0 aliphatic carbocycles. The third-order valence-electron chi connectivity index (χ3n) is 13.8. The quantitative estimate of drug-likeness (QED) is 0.0889. The van der Waals surface area contributed by atoms with Crippen molar-refractivity contribution in [3.8, 4) is 61.3 Å². The third kappa shape index (κ3) is 6.39. The van der Waals surface area contributed by atoms with Crippen LogP contribution in [0.2, 0.25) is 0 Å². The number of rotatable bonds is 6. The number of hydrogen-bond donors (Lipinski definition) is 0. The fraction of sp³-hybridized carbons (Fsp3) is 0. The van der Waals surface area contributed by atoms with Gasteiger partial charge in [-0.3, -0.25) is 0 Å². The van der Waals surface area contributed by atoms with Crippen molar-refractivity contribution in [2.75, 3.05) is 0 Å². The summed E-state index contributed by atoms with van der Waals surface area (Å²) < 4.78 is 70.5. The topological polar surface area (TPSA) is 4.93 Å². The van der Waals surface area contributed by atoms with Crippen LogP contribution in [0.3, 0.4) is 0 Å². The van der Waals surface area contributed by atoms with Gasteiger partial charge in [0.25, 0.3) is 0 Å². The van der Waals surface area contributed by atoms with E-state index in [-0.39, 0.29) is 11.6 Å². The Hall–Kier alpha value is -7.94. The van der Waals surface area contributed by atoms with Crippen LogP contribution in [0.4, 0.5) is 17.6 Å². The van der Waals surface area contributed by atoms with E-state index >= 15 is 17.6 Å². The van der Waals surface area contributed by atoms with Crippen LogP contribution in [0.15, 0.2) is 218 Å². The first-order chi connectivity index (χ1) is 33.7. The van der Waals surface area contributed by atoms with Crippen LogP contribution < -0.4 is 0 Å². The van der Waals surface area contributed by atoms with Crippen molar-refractivity contribution >= 4 is 65.8 Å². The molecule has 6 heteroatoms. The van der Waals surface area contributed by atoms with E-state index in [1.54, 1.807) is 12.1 Å². The van der Waals surface area contributed by atoms with Gasteiger partial charge in [0.1, 0.15) is 11.6 Å². The van der Waals surface area contributed by atoms with Crippen LogP contribution in [0.1, 0.15) is 0 Å². The summed E-state index contributed by atoms with van der Waals surface area (Å²) in [5.41, 5.74) is 12.1. The van der Waals surface area contributed by atoms with Gasteiger partial charge >= 0.3 is 381 Å². The number of nitrogens with zero attached hydrogens (tertiary/aromatic N) is 1. The first-order valence-electron chi connectivity index (χ1n) is 22.7. The minimum absolute atomic E-state index is 0.375. The van der Waals surface area contributed by atoms with Crippen LogP contribution in [0, 0.1) is 34.0 Å². The van der Waals surface area contributed by atoms with Crippen molar-refractivity contribution in [1.29, 1.82) is 0 Å². The molecule has 0 saturated carbocycles. The summed E-state index contributed by atoms with van der Waals surface area (Å²) in [7, 11) is 0. The SMILES string of the molecule is C=I1(c2ccc3c(-c4ccccc4-c4ccccc4)c4cc(-n5c6ccc(F)cc6c6cc(F)ccc65)ccc4c(-c4ccccc4-c4ccccc4)c3c2)c2ccc(F)cc2-c2cc(F)ccc21. The van der Waals surface area contributed by atoms with Gasteiger partial charge in [-0.15, -0.1) is 0 Å². The minimum atomic E-state index is -3.77. The van der Waals surface area contributed by atoms with E-state index in [9.17, 15) is 0 Å². The molecular weight excluding hydrogens is 974 g/mol. The van der Waals surface area contributed by atoms with Gasteiger partial charge in [0, 0.05) is 0 Å². The summed E-state index contributed by atoms with van der Waals surface area (Å²) >= 11 is -3.77. The molecule has 0 unspecified atom stereocenters. The first-order valence-corrected chi connectivity index (χ1v) is 27.4. The maximum absolute atomic E-state index is 15.1. The molecule has 0 fully saturated rings. The Labute approximate surface area is 399 Å². The van der Waals surface area contributed by atoms with E-state index in [1.807, 2.05) is 24.3 Å². The Balaban J connectivity index is 1.20. The second-order valence-electron chi connectivity index (χ2n) is 17.6. The summed E-state index contributed by atoms with van der Waals surface area (Å²) in [6.07, 6.45) is 0. The Morgan fingerprint density at radius 3 is 1.25 bits per heavy atom. The molecule has 1 aliphatic heterocycles. The number of halogens is 5. The predicted molar refractivity (Wildman–Crippen MR) is 286 cm³/mol.